The largest absolute Gasteiger partial charge is 0.492 e. The van der Waals surface area contributed by atoms with Gasteiger partial charge in [0.05, 0.1) is 18.1 Å². The fourth-order valence-corrected chi connectivity index (χ4v) is 5.21. The van der Waals surface area contributed by atoms with Crippen LogP contribution >= 0.6 is 0 Å². The van der Waals surface area contributed by atoms with Gasteiger partial charge in [-0.3, -0.25) is 0 Å². The molecule has 0 N–H and O–H groups in total. The van der Waals surface area contributed by atoms with Crippen molar-refractivity contribution in [2.24, 2.45) is 0 Å². The molecule has 0 bridgehead atoms. The second-order valence-electron chi connectivity index (χ2n) is 7.52. The molecule has 0 unspecified atom stereocenters. The normalized spacial score (nSPS) is 14.5. The first-order chi connectivity index (χ1) is 14.9. The second-order valence-corrected chi connectivity index (χ2v) is 9.42. The van der Waals surface area contributed by atoms with E-state index < -0.39 is 15.8 Å². The van der Waals surface area contributed by atoms with E-state index in [0.717, 1.165) is 22.8 Å². The minimum Gasteiger partial charge on any atom is -0.492 e. The molecule has 0 radical (unpaired) electrons. The van der Waals surface area contributed by atoms with Gasteiger partial charge in [0, 0.05) is 18.7 Å². The van der Waals surface area contributed by atoms with Crippen molar-refractivity contribution in [1.82, 2.24) is 4.31 Å². The molecular weight excluding hydrogens is 417 g/mol. The van der Waals surface area contributed by atoms with Gasteiger partial charge >= 0.3 is 0 Å². The van der Waals surface area contributed by atoms with E-state index in [1.807, 2.05) is 48.5 Å². The van der Waals surface area contributed by atoms with E-state index in [1.165, 1.54) is 16.4 Å². The number of benzene rings is 3. The van der Waals surface area contributed by atoms with Gasteiger partial charge < -0.3 is 9.47 Å². The Hall–Kier alpha value is -2.74. The Labute approximate surface area is 182 Å². The first-order valence-corrected chi connectivity index (χ1v) is 11.5. The quantitative estimate of drug-likeness (QED) is 0.568. The van der Waals surface area contributed by atoms with Crippen LogP contribution in [0.15, 0.2) is 71.6 Å². The van der Waals surface area contributed by atoms with E-state index in [0.29, 0.717) is 24.5 Å². The predicted octanol–water partition coefficient (Wildman–Crippen LogP) is 4.43. The Balaban J connectivity index is 1.52. The Morgan fingerprint density at radius 1 is 1.00 bits per heavy atom. The zero-order valence-electron chi connectivity index (χ0n) is 17.3. The fraction of sp³-hybridized carbons (Fsp3) is 0.250. The van der Waals surface area contributed by atoms with Crippen LogP contribution in [-0.2, 0) is 34.5 Å². The van der Waals surface area contributed by atoms with Crippen molar-refractivity contribution < 1.29 is 22.3 Å². The number of halogens is 1. The SMILES string of the molecule is Cc1ccc(F)cc1S(=O)(=O)N1CCOc2ccc(COCc3ccccc3)cc2C1. The van der Waals surface area contributed by atoms with Crippen LogP contribution in [0.4, 0.5) is 4.39 Å². The molecule has 0 aliphatic carbocycles. The van der Waals surface area contributed by atoms with Crippen molar-refractivity contribution in [3.8, 4) is 5.75 Å². The van der Waals surface area contributed by atoms with E-state index in [4.69, 9.17) is 9.47 Å². The lowest BCUT2D eigenvalue weighted by molar-refractivity contribution is 0.107. The summed E-state index contributed by atoms with van der Waals surface area (Å²) in [6.45, 7) is 3.12. The van der Waals surface area contributed by atoms with Crippen LogP contribution in [0.3, 0.4) is 0 Å². The van der Waals surface area contributed by atoms with E-state index in [9.17, 15) is 12.8 Å². The van der Waals surface area contributed by atoms with Crippen molar-refractivity contribution >= 4 is 10.0 Å². The number of aryl methyl sites for hydroxylation is 1. The van der Waals surface area contributed by atoms with Gasteiger partial charge in [-0.05, 0) is 47.9 Å². The summed E-state index contributed by atoms with van der Waals surface area (Å²) in [6.07, 6.45) is 0. The van der Waals surface area contributed by atoms with Crippen molar-refractivity contribution in [3.05, 3.63) is 94.8 Å². The van der Waals surface area contributed by atoms with Gasteiger partial charge in [0.1, 0.15) is 18.2 Å². The predicted molar refractivity (Wildman–Crippen MR) is 116 cm³/mol. The Morgan fingerprint density at radius 2 is 1.77 bits per heavy atom. The second kappa shape index (κ2) is 9.18. The summed E-state index contributed by atoms with van der Waals surface area (Å²) in [6, 6.07) is 19.4. The van der Waals surface area contributed by atoms with Crippen molar-refractivity contribution in [2.75, 3.05) is 13.2 Å². The number of fused-ring (bicyclic) bond motifs is 1. The van der Waals surface area contributed by atoms with Crippen LogP contribution in [-0.4, -0.2) is 25.9 Å². The Morgan fingerprint density at radius 3 is 2.58 bits per heavy atom. The van der Waals surface area contributed by atoms with Crippen LogP contribution < -0.4 is 4.74 Å². The molecule has 3 aromatic rings. The van der Waals surface area contributed by atoms with Crippen LogP contribution in [0.1, 0.15) is 22.3 Å². The van der Waals surface area contributed by atoms with Gasteiger partial charge in [-0.2, -0.15) is 4.31 Å². The van der Waals surface area contributed by atoms with E-state index in [-0.39, 0.29) is 24.6 Å². The van der Waals surface area contributed by atoms with E-state index in [1.54, 1.807) is 6.92 Å². The van der Waals surface area contributed by atoms with Crippen molar-refractivity contribution in [1.29, 1.82) is 0 Å². The van der Waals surface area contributed by atoms with Crippen molar-refractivity contribution in [2.45, 2.75) is 31.6 Å². The zero-order valence-corrected chi connectivity index (χ0v) is 18.1. The van der Waals surface area contributed by atoms with Gasteiger partial charge in [-0.1, -0.05) is 42.5 Å². The molecule has 4 rings (SSSR count). The summed E-state index contributed by atoms with van der Waals surface area (Å²) in [7, 11) is -3.86. The molecule has 7 heteroatoms. The Kier molecular flexibility index (Phi) is 6.36. The molecule has 1 aliphatic rings. The lowest BCUT2D eigenvalue weighted by atomic mass is 10.1. The van der Waals surface area contributed by atoms with Crippen LogP contribution in [0.25, 0.3) is 0 Å². The molecule has 5 nitrogen and oxygen atoms in total. The highest BCUT2D eigenvalue weighted by atomic mass is 32.2. The fourth-order valence-electron chi connectivity index (χ4n) is 3.57. The van der Waals surface area contributed by atoms with Crippen LogP contribution in [0.2, 0.25) is 0 Å². The number of hydrogen-bond acceptors (Lipinski definition) is 4. The minimum absolute atomic E-state index is 0.0155. The summed E-state index contributed by atoms with van der Waals surface area (Å²) in [5, 5.41) is 0. The summed E-state index contributed by atoms with van der Waals surface area (Å²) in [5.41, 5.74) is 3.29. The molecule has 162 valence electrons. The van der Waals surface area contributed by atoms with Gasteiger partial charge in [0.2, 0.25) is 10.0 Å². The molecular formula is C24H24FNO4S. The third-order valence-electron chi connectivity index (χ3n) is 5.22. The molecule has 0 amide bonds. The molecule has 3 aromatic carbocycles. The molecule has 1 aliphatic heterocycles. The molecule has 0 saturated heterocycles. The number of hydrogen-bond donors (Lipinski definition) is 0. The third-order valence-corrected chi connectivity index (χ3v) is 7.21. The average Bonchev–Trinajstić information content (AvgIpc) is 2.99. The summed E-state index contributed by atoms with van der Waals surface area (Å²) >= 11 is 0. The highest BCUT2D eigenvalue weighted by Crippen LogP contribution is 2.29. The summed E-state index contributed by atoms with van der Waals surface area (Å²) in [4.78, 5) is -0.0155. The monoisotopic (exact) mass is 441 g/mol. The van der Waals surface area contributed by atoms with Crippen LogP contribution in [0, 0.1) is 12.7 Å². The lowest BCUT2D eigenvalue weighted by Gasteiger charge is -2.21. The highest BCUT2D eigenvalue weighted by Gasteiger charge is 2.29. The maximum Gasteiger partial charge on any atom is 0.243 e. The molecule has 1 heterocycles. The zero-order chi connectivity index (χ0) is 21.8. The first-order valence-electron chi connectivity index (χ1n) is 10.1. The van der Waals surface area contributed by atoms with E-state index in [2.05, 4.69) is 0 Å². The summed E-state index contributed by atoms with van der Waals surface area (Å²) in [5.74, 6) is 0.0778. The lowest BCUT2D eigenvalue weighted by Crippen LogP contribution is -2.33. The minimum atomic E-state index is -3.86. The molecule has 0 spiro atoms. The maximum absolute atomic E-state index is 13.7. The van der Waals surface area contributed by atoms with Gasteiger partial charge in [0.15, 0.2) is 0 Å². The molecule has 0 aromatic heterocycles. The highest BCUT2D eigenvalue weighted by molar-refractivity contribution is 7.89. The first kappa shape index (κ1) is 21.5. The molecule has 0 fully saturated rings. The number of nitrogens with zero attached hydrogens (tertiary/aromatic N) is 1. The number of ether oxygens (including phenoxy) is 2. The molecule has 0 saturated carbocycles. The van der Waals surface area contributed by atoms with Crippen molar-refractivity contribution in [3.63, 3.8) is 0 Å². The number of rotatable bonds is 6. The standard InChI is InChI=1S/C24H24FNO4S/c1-18-7-9-22(25)14-24(18)31(27,28)26-11-12-30-23-10-8-20(13-21(23)15-26)17-29-16-19-5-3-2-4-6-19/h2-10,13-14H,11-12,15-17H2,1H3. The topological polar surface area (TPSA) is 55.8 Å². The smallest absolute Gasteiger partial charge is 0.243 e. The van der Waals surface area contributed by atoms with Gasteiger partial charge in [-0.15, -0.1) is 0 Å². The van der Waals surface area contributed by atoms with E-state index >= 15 is 0 Å². The third kappa shape index (κ3) is 4.95. The average molecular weight is 442 g/mol. The van der Waals surface area contributed by atoms with Gasteiger partial charge in [-0.25, -0.2) is 12.8 Å². The Bertz CT molecular complexity index is 1170. The number of sulfonamides is 1. The molecule has 0 atom stereocenters. The molecule has 31 heavy (non-hydrogen) atoms. The maximum atomic E-state index is 13.7. The summed E-state index contributed by atoms with van der Waals surface area (Å²) < 4.78 is 53.1. The van der Waals surface area contributed by atoms with Crippen LogP contribution in [0.5, 0.6) is 5.75 Å². The van der Waals surface area contributed by atoms with Gasteiger partial charge in [0.25, 0.3) is 0 Å².